The normalized spacial score (nSPS) is 16.3. The second kappa shape index (κ2) is 11.9. The van der Waals surface area contributed by atoms with Gasteiger partial charge in [-0.25, -0.2) is 20.8 Å². The molecule has 2 heterocycles. The van der Waals surface area contributed by atoms with Crippen molar-refractivity contribution in [1.29, 1.82) is 0 Å². The van der Waals surface area contributed by atoms with Crippen LogP contribution in [0.3, 0.4) is 0 Å². The highest BCUT2D eigenvalue weighted by Crippen LogP contribution is 2.57. The van der Waals surface area contributed by atoms with Crippen molar-refractivity contribution in [3.8, 4) is 11.5 Å². The first-order chi connectivity index (χ1) is 20.5. The molecule has 0 saturated carbocycles. The third kappa shape index (κ3) is 4.99. The number of carbonyl (C=O) groups is 1. The summed E-state index contributed by atoms with van der Waals surface area (Å²) in [5.74, 6) is 0.993. The molecule has 0 radical (unpaired) electrons. The van der Waals surface area contributed by atoms with Crippen LogP contribution < -0.4 is 26.0 Å². The Bertz CT molecular complexity index is 1580. The van der Waals surface area contributed by atoms with Crippen molar-refractivity contribution in [1.82, 2.24) is 10.9 Å². The lowest BCUT2D eigenvalue weighted by molar-refractivity contribution is 0.0224. The zero-order valence-electron chi connectivity index (χ0n) is 24.5. The van der Waals surface area contributed by atoms with Gasteiger partial charge in [0.25, 0.3) is 0 Å². The van der Waals surface area contributed by atoms with E-state index in [1.807, 2.05) is 77.9 Å². The van der Waals surface area contributed by atoms with Gasteiger partial charge in [-0.05, 0) is 67.8 Å². The van der Waals surface area contributed by atoms with Gasteiger partial charge < -0.3 is 14.8 Å². The number of unbranched alkanes of at least 4 members (excludes halogenated alkanes) is 2. The van der Waals surface area contributed by atoms with Crippen LogP contribution in [-0.4, -0.2) is 19.1 Å². The molecule has 1 atom stereocenters. The van der Waals surface area contributed by atoms with Gasteiger partial charge in [0.2, 0.25) is 0 Å². The van der Waals surface area contributed by atoms with Gasteiger partial charge in [0.1, 0.15) is 11.5 Å². The molecule has 0 aliphatic carbocycles. The van der Waals surface area contributed by atoms with E-state index in [-0.39, 0.29) is 5.97 Å². The Morgan fingerprint density at radius 3 is 2.19 bits per heavy atom. The van der Waals surface area contributed by atoms with Gasteiger partial charge in [-0.1, -0.05) is 63.1 Å². The number of hydrogen-bond donors (Lipinski definition) is 3. The fraction of sp³-hybridized carbons (Fsp3) is 0.286. The third-order valence-electron chi connectivity index (χ3n) is 7.95. The van der Waals surface area contributed by atoms with Gasteiger partial charge in [-0.15, -0.1) is 0 Å². The molecular formula is C35H38N4O3. The van der Waals surface area contributed by atoms with Gasteiger partial charge in [-0.2, -0.15) is 0 Å². The Morgan fingerprint density at radius 2 is 1.45 bits per heavy atom. The number of aryl methyl sites for hydroxylation is 1. The number of ether oxygens (including phenoxy) is 2. The van der Waals surface area contributed by atoms with Crippen LogP contribution in [0.25, 0.3) is 0 Å². The van der Waals surface area contributed by atoms with E-state index < -0.39 is 5.60 Å². The highest BCUT2D eigenvalue weighted by molar-refractivity contribution is 5.97. The van der Waals surface area contributed by atoms with Crippen LogP contribution in [0, 0.1) is 6.92 Å². The second-order valence-corrected chi connectivity index (χ2v) is 10.9. The maximum atomic E-state index is 13.4. The number of para-hydroxylation sites is 1. The Labute approximate surface area is 247 Å². The lowest BCUT2D eigenvalue weighted by Gasteiger charge is -2.38. The predicted molar refractivity (Wildman–Crippen MR) is 167 cm³/mol. The number of fused-ring (bicyclic) bond motifs is 6. The molecule has 1 spiro atoms. The fourth-order valence-electron chi connectivity index (χ4n) is 5.73. The summed E-state index contributed by atoms with van der Waals surface area (Å²) in [5.41, 5.74) is 12.7. The summed E-state index contributed by atoms with van der Waals surface area (Å²) in [6.07, 6.45) is 4.34. The minimum atomic E-state index is -1.13. The van der Waals surface area contributed by atoms with Gasteiger partial charge >= 0.3 is 5.97 Å². The van der Waals surface area contributed by atoms with Crippen LogP contribution in [0.4, 0.5) is 17.1 Å². The number of anilines is 3. The summed E-state index contributed by atoms with van der Waals surface area (Å²) in [6, 6.07) is 27.9. The van der Waals surface area contributed by atoms with E-state index in [0.717, 1.165) is 78.1 Å². The molecule has 4 aromatic carbocycles. The molecule has 3 N–H and O–H groups in total. The quantitative estimate of drug-likeness (QED) is 0.0981. The van der Waals surface area contributed by atoms with E-state index in [4.69, 9.17) is 9.47 Å². The van der Waals surface area contributed by atoms with Crippen LogP contribution >= 0.6 is 0 Å². The molecule has 0 fully saturated rings. The summed E-state index contributed by atoms with van der Waals surface area (Å²) in [7, 11) is 0. The lowest BCUT2D eigenvalue weighted by atomic mass is 9.77. The standard InChI is InChI=1S/C35H38N4O3/c1-4-6-19-36-39(37-20-7-5-2)26-17-18-29-33(22-26)41-32-21-24(3)31(38-25-13-9-8-10-14-25)23-30(32)35(29)28-16-12-11-15-27(28)34(40)42-35/h8-18,21-23,36-38H,4-7,19-20H2,1-3H3. The van der Waals surface area contributed by atoms with Crippen molar-refractivity contribution < 1.29 is 14.3 Å². The van der Waals surface area contributed by atoms with Crippen molar-refractivity contribution in [2.45, 2.75) is 52.1 Å². The maximum Gasteiger partial charge on any atom is 0.340 e. The number of benzene rings is 4. The number of carbonyl (C=O) groups excluding carboxylic acids is 1. The molecule has 1 unspecified atom stereocenters. The third-order valence-corrected chi connectivity index (χ3v) is 7.95. The number of hydrogen-bond acceptors (Lipinski definition) is 7. The Balaban J connectivity index is 1.47. The first-order valence-corrected chi connectivity index (χ1v) is 14.9. The molecule has 42 heavy (non-hydrogen) atoms. The smallest absolute Gasteiger partial charge is 0.340 e. The monoisotopic (exact) mass is 562 g/mol. The van der Waals surface area contributed by atoms with Gasteiger partial charge in [0.15, 0.2) is 5.60 Å². The first kappa shape index (κ1) is 27.8. The number of nitrogens with one attached hydrogen (secondary N) is 3. The first-order valence-electron chi connectivity index (χ1n) is 14.9. The number of rotatable bonds is 11. The summed E-state index contributed by atoms with van der Waals surface area (Å²) < 4.78 is 13.1. The largest absolute Gasteiger partial charge is 0.456 e. The van der Waals surface area contributed by atoms with E-state index in [1.54, 1.807) is 0 Å². The molecule has 0 bridgehead atoms. The number of esters is 1. The van der Waals surface area contributed by atoms with E-state index in [1.165, 1.54) is 0 Å². The SMILES string of the molecule is CCCCNN(NCCCC)c1ccc2c(c1)Oc1cc(C)c(Nc3ccccc3)cc1C21OC(=O)c2ccccc21. The van der Waals surface area contributed by atoms with Gasteiger partial charge in [0.05, 0.1) is 11.3 Å². The van der Waals surface area contributed by atoms with Crippen molar-refractivity contribution in [2.24, 2.45) is 0 Å². The Hall–Kier alpha value is -4.33. The molecule has 0 saturated heterocycles. The number of hydrazine groups is 2. The number of nitrogens with zero attached hydrogens (tertiary/aromatic N) is 1. The Morgan fingerprint density at radius 1 is 0.762 bits per heavy atom. The average molecular weight is 563 g/mol. The maximum absolute atomic E-state index is 13.4. The molecule has 216 valence electrons. The summed E-state index contributed by atoms with van der Waals surface area (Å²) in [6.45, 7) is 8.12. The van der Waals surface area contributed by atoms with Gasteiger partial charge in [0, 0.05) is 47.2 Å². The molecule has 4 aromatic rings. The highest BCUT2D eigenvalue weighted by Gasteiger charge is 2.53. The Kier molecular flexibility index (Phi) is 7.87. The van der Waals surface area contributed by atoms with Crippen molar-refractivity contribution in [3.63, 3.8) is 0 Å². The van der Waals surface area contributed by atoms with E-state index >= 15 is 0 Å². The molecule has 2 aliphatic rings. The minimum absolute atomic E-state index is 0.337. The summed E-state index contributed by atoms with van der Waals surface area (Å²) >= 11 is 0. The second-order valence-electron chi connectivity index (χ2n) is 10.9. The average Bonchev–Trinajstić information content (AvgIpc) is 3.30. The van der Waals surface area contributed by atoms with E-state index in [0.29, 0.717) is 17.1 Å². The molecule has 2 aliphatic heterocycles. The van der Waals surface area contributed by atoms with Crippen LogP contribution in [0.15, 0.2) is 84.9 Å². The van der Waals surface area contributed by atoms with E-state index in [9.17, 15) is 4.79 Å². The highest BCUT2D eigenvalue weighted by atomic mass is 16.6. The minimum Gasteiger partial charge on any atom is -0.456 e. The zero-order chi connectivity index (χ0) is 29.1. The molecule has 6 rings (SSSR count). The summed E-state index contributed by atoms with van der Waals surface area (Å²) in [4.78, 5) is 13.4. The van der Waals surface area contributed by atoms with Crippen LogP contribution in [-0.2, 0) is 10.3 Å². The van der Waals surface area contributed by atoms with Crippen molar-refractivity contribution in [2.75, 3.05) is 23.5 Å². The van der Waals surface area contributed by atoms with Crippen molar-refractivity contribution >= 4 is 23.0 Å². The zero-order valence-corrected chi connectivity index (χ0v) is 24.5. The molecule has 0 amide bonds. The summed E-state index contributed by atoms with van der Waals surface area (Å²) in [5, 5.41) is 5.53. The molecular weight excluding hydrogens is 524 g/mol. The lowest BCUT2D eigenvalue weighted by Crippen LogP contribution is -2.49. The fourth-order valence-corrected chi connectivity index (χ4v) is 5.73. The molecule has 7 heteroatoms. The molecule has 7 nitrogen and oxygen atoms in total. The molecule has 0 aromatic heterocycles. The van der Waals surface area contributed by atoms with Gasteiger partial charge in [-0.3, -0.25) is 0 Å². The van der Waals surface area contributed by atoms with E-state index in [2.05, 4.69) is 49.1 Å². The van der Waals surface area contributed by atoms with Crippen LogP contribution in [0.5, 0.6) is 11.5 Å². The van der Waals surface area contributed by atoms with Crippen molar-refractivity contribution in [3.05, 3.63) is 113 Å². The van der Waals surface area contributed by atoms with Crippen LogP contribution in [0.1, 0.15) is 72.1 Å². The predicted octanol–water partition coefficient (Wildman–Crippen LogP) is 7.72. The topological polar surface area (TPSA) is 74.9 Å². The van der Waals surface area contributed by atoms with Crippen LogP contribution in [0.2, 0.25) is 0 Å².